The van der Waals surface area contributed by atoms with Gasteiger partial charge >= 0.3 is 0 Å². The molecule has 2 aliphatic heterocycles. The van der Waals surface area contributed by atoms with Crippen molar-refractivity contribution in [1.29, 1.82) is 0 Å². The van der Waals surface area contributed by atoms with Gasteiger partial charge < -0.3 is 15.0 Å². The van der Waals surface area contributed by atoms with Crippen LogP contribution in [0, 0.1) is 0 Å². The fraction of sp³-hybridized carbons (Fsp3) is 0.769. The number of fused-ring (bicyclic) bond motifs is 1. The lowest BCUT2D eigenvalue weighted by atomic mass is 10.0. The van der Waals surface area contributed by atoms with E-state index >= 15 is 0 Å². The second kappa shape index (κ2) is 4.78. The Balaban J connectivity index is 1.74. The molecule has 3 rings (SSSR count). The van der Waals surface area contributed by atoms with Gasteiger partial charge in [0.25, 0.3) is 0 Å². The van der Waals surface area contributed by atoms with Crippen molar-refractivity contribution < 1.29 is 4.74 Å². The molecule has 0 saturated carbocycles. The van der Waals surface area contributed by atoms with Crippen LogP contribution < -0.4 is 5.73 Å². The highest BCUT2D eigenvalue weighted by molar-refractivity contribution is 5.12. The molecule has 0 bridgehead atoms. The number of hydrogen-bond acceptors (Lipinski definition) is 3. The van der Waals surface area contributed by atoms with Crippen LogP contribution >= 0.6 is 0 Å². The summed E-state index contributed by atoms with van der Waals surface area (Å²) in [4.78, 5) is 4.55. The van der Waals surface area contributed by atoms with E-state index in [4.69, 9.17) is 10.5 Å². The summed E-state index contributed by atoms with van der Waals surface area (Å²) in [5, 5.41) is 0. The molecule has 94 valence electrons. The van der Waals surface area contributed by atoms with E-state index in [2.05, 4.69) is 9.55 Å². The fourth-order valence-electron chi connectivity index (χ4n) is 2.94. The van der Waals surface area contributed by atoms with Gasteiger partial charge in [-0.05, 0) is 32.1 Å². The van der Waals surface area contributed by atoms with Crippen LogP contribution in [0.5, 0.6) is 0 Å². The average Bonchev–Trinajstić information content (AvgIpc) is 2.76. The maximum absolute atomic E-state index is 6.10. The highest BCUT2D eigenvalue weighted by Crippen LogP contribution is 2.25. The molecule has 0 amide bonds. The molecule has 1 fully saturated rings. The lowest BCUT2D eigenvalue weighted by molar-refractivity contribution is 0.0150. The Kier molecular flexibility index (Phi) is 3.16. The minimum atomic E-state index is 0.178. The molecule has 1 aromatic rings. The molecule has 2 unspecified atom stereocenters. The third kappa shape index (κ3) is 2.24. The van der Waals surface area contributed by atoms with E-state index in [1.165, 1.54) is 37.2 Å². The van der Waals surface area contributed by atoms with E-state index in [0.717, 1.165) is 26.0 Å². The SMILES string of the molecule is NC1CCCn2c1cnc2CC1CCCCO1. The largest absolute Gasteiger partial charge is 0.378 e. The highest BCUT2D eigenvalue weighted by Gasteiger charge is 2.23. The van der Waals surface area contributed by atoms with Crippen LogP contribution in [0.2, 0.25) is 0 Å². The predicted octanol–water partition coefficient (Wildman–Crippen LogP) is 1.79. The fourth-order valence-corrected chi connectivity index (χ4v) is 2.94. The molecule has 2 aliphatic rings. The van der Waals surface area contributed by atoms with Gasteiger partial charge in [0, 0.05) is 25.6 Å². The maximum Gasteiger partial charge on any atom is 0.111 e. The monoisotopic (exact) mass is 235 g/mol. The van der Waals surface area contributed by atoms with Crippen LogP contribution in [0.3, 0.4) is 0 Å². The summed E-state index contributed by atoms with van der Waals surface area (Å²) in [6, 6.07) is 0.178. The van der Waals surface area contributed by atoms with Crippen LogP contribution in [0.1, 0.15) is 49.7 Å². The minimum absolute atomic E-state index is 0.178. The number of imidazole rings is 1. The summed E-state index contributed by atoms with van der Waals surface area (Å²) in [6.45, 7) is 1.99. The first kappa shape index (κ1) is 11.2. The van der Waals surface area contributed by atoms with E-state index in [0.29, 0.717) is 6.10 Å². The third-order valence-corrected chi connectivity index (χ3v) is 3.93. The summed E-state index contributed by atoms with van der Waals surface area (Å²) in [5.74, 6) is 1.17. The van der Waals surface area contributed by atoms with Gasteiger partial charge in [0.05, 0.1) is 18.0 Å². The standard InChI is InChI=1S/C13H21N3O/c14-11-5-3-6-16-12(11)9-15-13(16)8-10-4-1-2-7-17-10/h9-11H,1-8,14H2. The number of nitrogens with two attached hydrogens (primary N) is 1. The third-order valence-electron chi connectivity index (χ3n) is 3.93. The minimum Gasteiger partial charge on any atom is -0.378 e. The van der Waals surface area contributed by atoms with Crippen LogP contribution in [0.15, 0.2) is 6.20 Å². The number of aromatic nitrogens is 2. The average molecular weight is 235 g/mol. The summed E-state index contributed by atoms with van der Waals surface area (Å²) >= 11 is 0. The second-order valence-electron chi connectivity index (χ2n) is 5.19. The van der Waals surface area contributed by atoms with Crippen LogP contribution in [0.25, 0.3) is 0 Å². The van der Waals surface area contributed by atoms with Gasteiger partial charge in [-0.1, -0.05) is 0 Å². The zero-order valence-electron chi connectivity index (χ0n) is 10.3. The van der Waals surface area contributed by atoms with Gasteiger partial charge in [0.2, 0.25) is 0 Å². The van der Waals surface area contributed by atoms with E-state index in [-0.39, 0.29) is 6.04 Å². The lowest BCUT2D eigenvalue weighted by Gasteiger charge is -2.25. The molecule has 0 aromatic carbocycles. The number of rotatable bonds is 2. The van der Waals surface area contributed by atoms with Crippen molar-refractivity contribution in [2.75, 3.05) is 6.61 Å². The van der Waals surface area contributed by atoms with Crippen molar-refractivity contribution >= 4 is 0 Å². The zero-order chi connectivity index (χ0) is 11.7. The molecule has 3 heterocycles. The molecule has 0 aliphatic carbocycles. The Morgan fingerprint density at radius 3 is 3.12 bits per heavy atom. The topological polar surface area (TPSA) is 53.1 Å². The van der Waals surface area contributed by atoms with Gasteiger partial charge in [-0.25, -0.2) is 4.98 Å². The normalized spacial score (nSPS) is 29.0. The Morgan fingerprint density at radius 1 is 1.35 bits per heavy atom. The van der Waals surface area contributed by atoms with Crippen molar-refractivity contribution in [3.05, 3.63) is 17.7 Å². The van der Waals surface area contributed by atoms with Gasteiger partial charge in [0.1, 0.15) is 5.82 Å². The number of ether oxygens (including phenoxy) is 1. The molecular formula is C13H21N3O. The summed E-state index contributed by atoms with van der Waals surface area (Å²) in [5.41, 5.74) is 7.31. The molecule has 1 aromatic heterocycles. The van der Waals surface area contributed by atoms with Crippen molar-refractivity contribution in [3.8, 4) is 0 Å². The number of nitrogens with zero attached hydrogens (tertiary/aromatic N) is 2. The Bertz CT molecular complexity index is 382. The smallest absolute Gasteiger partial charge is 0.111 e. The molecule has 4 nitrogen and oxygen atoms in total. The van der Waals surface area contributed by atoms with Gasteiger partial charge in [0.15, 0.2) is 0 Å². The van der Waals surface area contributed by atoms with Crippen LogP contribution in [0.4, 0.5) is 0 Å². The molecule has 2 N–H and O–H groups in total. The van der Waals surface area contributed by atoms with E-state index < -0.39 is 0 Å². The van der Waals surface area contributed by atoms with E-state index in [1.807, 2.05) is 6.20 Å². The molecular weight excluding hydrogens is 214 g/mol. The summed E-state index contributed by atoms with van der Waals surface area (Å²) in [7, 11) is 0. The van der Waals surface area contributed by atoms with Crippen molar-refractivity contribution in [2.45, 2.75) is 57.2 Å². The molecule has 0 radical (unpaired) electrons. The van der Waals surface area contributed by atoms with Crippen LogP contribution in [-0.4, -0.2) is 22.3 Å². The molecule has 1 saturated heterocycles. The van der Waals surface area contributed by atoms with Crippen molar-refractivity contribution in [2.24, 2.45) is 5.73 Å². The molecule has 17 heavy (non-hydrogen) atoms. The van der Waals surface area contributed by atoms with Gasteiger partial charge in [-0.2, -0.15) is 0 Å². The Morgan fingerprint density at radius 2 is 2.29 bits per heavy atom. The quantitative estimate of drug-likeness (QED) is 0.850. The first-order valence-corrected chi connectivity index (χ1v) is 6.76. The Labute approximate surface area is 102 Å². The maximum atomic E-state index is 6.10. The number of hydrogen-bond donors (Lipinski definition) is 1. The van der Waals surface area contributed by atoms with E-state index in [9.17, 15) is 0 Å². The first-order valence-electron chi connectivity index (χ1n) is 6.76. The van der Waals surface area contributed by atoms with Gasteiger partial charge in [-0.15, -0.1) is 0 Å². The van der Waals surface area contributed by atoms with Crippen molar-refractivity contribution in [1.82, 2.24) is 9.55 Å². The summed E-state index contributed by atoms with van der Waals surface area (Å²) < 4.78 is 8.10. The Hall–Kier alpha value is -0.870. The highest BCUT2D eigenvalue weighted by atomic mass is 16.5. The lowest BCUT2D eigenvalue weighted by Crippen LogP contribution is -2.26. The molecule has 4 heteroatoms. The van der Waals surface area contributed by atoms with Crippen molar-refractivity contribution in [3.63, 3.8) is 0 Å². The predicted molar refractivity (Wildman–Crippen MR) is 65.7 cm³/mol. The molecule has 0 spiro atoms. The zero-order valence-corrected chi connectivity index (χ0v) is 10.3. The van der Waals surface area contributed by atoms with E-state index in [1.54, 1.807) is 0 Å². The summed E-state index contributed by atoms with van der Waals surface area (Å²) in [6.07, 6.45) is 9.21. The van der Waals surface area contributed by atoms with Gasteiger partial charge in [-0.3, -0.25) is 0 Å². The van der Waals surface area contributed by atoms with Crippen LogP contribution in [-0.2, 0) is 17.7 Å². The first-order chi connectivity index (χ1) is 8.34. The second-order valence-corrected chi connectivity index (χ2v) is 5.19. The molecule has 2 atom stereocenters.